The van der Waals surface area contributed by atoms with Crippen LogP contribution in [0.2, 0.25) is 0 Å². The first-order valence-corrected chi connectivity index (χ1v) is 10.5. The van der Waals surface area contributed by atoms with Crippen LogP contribution in [0, 0.1) is 13.8 Å². The molecule has 1 fully saturated rings. The average molecular weight is 427 g/mol. The molecule has 0 radical (unpaired) electrons. The highest BCUT2D eigenvalue weighted by atomic mass is 16.3. The van der Waals surface area contributed by atoms with Gasteiger partial charge in [-0.25, -0.2) is 0 Å². The second-order valence-corrected chi connectivity index (χ2v) is 8.29. The molecule has 32 heavy (non-hydrogen) atoms. The van der Waals surface area contributed by atoms with Crippen molar-refractivity contribution in [3.8, 4) is 0 Å². The zero-order valence-corrected chi connectivity index (χ0v) is 18.7. The number of nitrogens with zero attached hydrogens (tertiary/aromatic N) is 2. The number of rotatable bonds is 4. The Balaban J connectivity index is 1.90. The van der Waals surface area contributed by atoms with Crippen LogP contribution in [0.3, 0.4) is 0 Å². The molecule has 1 atom stereocenters. The quantitative estimate of drug-likeness (QED) is 0.363. The highest BCUT2D eigenvalue weighted by molar-refractivity contribution is 6.51. The fraction of sp³-hybridized carbons (Fsp3) is 0.185. The van der Waals surface area contributed by atoms with E-state index in [9.17, 15) is 14.7 Å². The van der Waals surface area contributed by atoms with Crippen LogP contribution >= 0.6 is 0 Å². The van der Waals surface area contributed by atoms with Gasteiger partial charge in [-0.3, -0.25) is 14.5 Å². The van der Waals surface area contributed by atoms with E-state index in [-0.39, 0.29) is 11.3 Å². The van der Waals surface area contributed by atoms with Gasteiger partial charge in [-0.2, -0.15) is 0 Å². The molecule has 1 aliphatic heterocycles. The van der Waals surface area contributed by atoms with Gasteiger partial charge in [0.1, 0.15) is 5.76 Å². The normalized spacial score (nSPS) is 17.6. The summed E-state index contributed by atoms with van der Waals surface area (Å²) in [7, 11) is 3.88. The molecule has 0 spiro atoms. The number of aliphatic hydroxyl groups excluding tert-OH is 1. The van der Waals surface area contributed by atoms with Crippen LogP contribution in [0.5, 0.6) is 0 Å². The van der Waals surface area contributed by atoms with Crippen molar-refractivity contribution in [1.82, 2.24) is 0 Å². The lowest BCUT2D eigenvalue weighted by Crippen LogP contribution is -2.29. The first-order chi connectivity index (χ1) is 15.3. The Morgan fingerprint density at radius 3 is 2.12 bits per heavy atom. The van der Waals surface area contributed by atoms with Crippen LogP contribution in [-0.4, -0.2) is 30.9 Å². The van der Waals surface area contributed by atoms with Gasteiger partial charge in [0, 0.05) is 31.0 Å². The van der Waals surface area contributed by atoms with Crippen molar-refractivity contribution in [2.24, 2.45) is 0 Å². The van der Waals surface area contributed by atoms with Gasteiger partial charge in [0.2, 0.25) is 0 Å². The predicted molar refractivity (Wildman–Crippen MR) is 128 cm³/mol. The van der Waals surface area contributed by atoms with E-state index < -0.39 is 17.7 Å². The van der Waals surface area contributed by atoms with E-state index in [0.29, 0.717) is 11.3 Å². The van der Waals surface area contributed by atoms with E-state index >= 15 is 0 Å². The lowest BCUT2D eigenvalue weighted by molar-refractivity contribution is -0.132. The lowest BCUT2D eigenvalue weighted by atomic mass is 9.94. The Hall–Kier alpha value is -3.86. The van der Waals surface area contributed by atoms with Crippen molar-refractivity contribution >= 4 is 28.8 Å². The van der Waals surface area contributed by atoms with E-state index in [4.69, 9.17) is 0 Å². The van der Waals surface area contributed by atoms with Crippen molar-refractivity contribution in [1.29, 1.82) is 0 Å². The summed E-state index contributed by atoms with van der Waals surface area (Å²) in [5, 5.41) is 11.2. The number of ketones is 1. The minimum atomic E-state index is -0.719. The van der Waals surface area contributed by atoms with E-state index in [1.54, 1.807) is 6.07 Å². The molecule has 0 aliphatic carbocycles. The largest absolute Gasteiger partial charge is 0.507 e. The van der Waals surface area contributed by atoms with Crippen molar-refractivity contribution in [2.75, 3.05) is 23.9 Å². The molecule has 0 saturated carbocycles. The maximum absolute atomic E-state index is 13.2. The lowest BCUT2D eigenvalue weighted by Gasteiger charge is -2.26. The van der Waals surface area contributed by atoms with Gasteiger partial charge in [0.25, 0.3) is 11.7 Å². The molecule has 162 valence electrons. The summed E-state index contributed by atoms with van der Waals surface area (Å²) in [6.45, 7) is 3.94. The smallest absolute Gasteiger partial charge is 0.300 e. The van der Waals surface area contributed by atoms with Gasteiger partial charge < -0.3 is 10.0 Å². The maximum Gasteiger partial charge on any atom is 0.300 e. The Labute approximate surface area is 188 Å². The van der Waals surface area contributed by atoms with Crippen molar-refractivity contribution in [3.05, 3.63) is 101 Å². The van der Waals surface area contributed by atoms with Crippen LogP contribution < -0.4 is 9.80 Å². The third-order valence-electron chi connectivity index (χ3n) is 5.98. The number of hydrogen-bond acceptors (Lipinski definition) is 4. The number of carbonyl (C=O) groups excluding carboxylic acids is 2. The van der Waals surface area contributed by atoms with E-state index in [1.165, 1.54) is 4.90 Å². The van der Waals surface area contributed by atoms with Crippen LogP contribution in [0.4, 0.5) is 11.4 Å². The Morgan fingerprint density at radius 1 is 0.875 bits per heavy atom. The summed E-state index contributed by atoms with van der Waals surface area (Å²) in [6.07, 6.45) is 0. The minimum Gasteiger partial charge on any atom is -0.507 e. The first kappa shape index (κ1) is 21.4. The van der Waals surface area contributed by atoms with Crippen LogP contribution in [0.25, 0.3) is 5.76 Å². The molecular formula is C27H26N2O3. The molecule has 4 rings (SSSR count). The number of anilines is 2. The molecule has 1 N–H and O–H groups in total. The molecular weight excluding hydrogens is 400 g/mol. The fourth-order valence-electron chi connectivity index (χ4n) is 4.01. The topological polar surface area (TPSA) is 60.9 Å². The molecule has 5 nitrogen and oxygen atoms in total. The molecule has 3 aromatic rings. The highest BCUT2D eigenvalue weighted by Crippen LogP contribution is 2.42. The molecule has 1 unspecified atom stereocenters. The van der Waals surface area contributed by atoms with Gasteiger partial charge in [-0.1, -0.05) is 42.5 Å². The zero-order chi connectivity index (χ0) is 23.0. The number of carbonyl (C=O) groups is 2. The monoisotopic (exact) mass is 426 g/mol. The molecule has 1 aliphatic rings. The SMILES string of the molecule is Cc1ccc(/C(O)=C2/C(=O)C(=O)N(c3ccc(N(C)C)cc3)C2c2ccccc2)cc1C. The fourth-order valence-corrected chi connectivity index (χ4v) is 4.01. The third kappa shape index (κ3) is 3.66. The number of benzene rings is 3. The van der Waals surface area contributed by atoms with Crippen molar-refractivity contribution < 1.29 is 14.7 Å². The second-order valence-electron chi connectivity index (χ2n) is 8.29. The molecule has 1 amide bonds. The van der Waals surface area contributed by atoms with E-state index in [2.05, 4.69) is 0 Å². The summed E-state index contributed by atoms with van der Waals surface area (Å²) in [5.41, 5.74) is 5.05. The first-order valence-electron chi connectivity index (χ1n) is 10.5. The van der Waals surface area contributed by atoms with E-state index in [1.807, 2.05) is 99.6 Å². The third-order valence-corrected chi connectivity index (χ3v) is 5.98. The van der Waals surface area contributed by atoms with Gasteiger partial charge >= 0.3 is 0 Å². The summed E-state index contributed by atoms with van der Waals surface area (Å²) in [4.78, 5) is 29.8. The summed E-state index contributed by atoms with van der Waals surface area (Å²) in [5.74, 6) is -1.50. The summed E-state index contributed by atoms with van der Waals surface area (Å²) in [6, 6.07) is 21.6. The molecule has 5 heteroatoms. The van der Waals surface area contributed by atoms with Crippen LogP contribution in [0.15, 0.2) is 78.4 Å². The molecule has 1 heterocycles. The predicted octanol–water partition coefficient (Wildman–Crippen LogP) is 5.00. The van der Waals surface area contributed by atoms with E-state index in [0.717, 1.165) is 22.4 Å². The Morgan fingerprint density at radius 2 is 1.53 bits per heavy atom. The number of aliphatic hydroxyl groups is 1. The highest BCUT2D eigenvalue weighted by Gasteiger charge is 2.46. The number of aryl methyl sites for hydroxylation is 2. The molecule has 0 aromatic heterocycles. The molecule has 3 aromatic carbocycles. The van der Waals surface area contributed by atoms with Gasteiger partial charge in [-0.05, 0) is 60.9 Å². The number of Topliss-reactive ketones (excluding diaryl/α,β-unsaturated/α-hetero) is 1. The Kier molecular flexibility index (Phi) is 5.57. The van der Waals surface area contributed by atoms with Crippen molar-refractivity contribution in [3.63, 3.8) is 0 Å². The number of hydrogen-bond donors (Lipinski definition) is 1. The summed E-state index contributed by atoms with van der Waals surface area (Å²) < 4.78 is 0. The average Bonchev–Trinajstić information content (AvgIpc) is 3.06. The van der Waals surface area contributed by atoms with Crippen LogP contribution in [0.1, 0.15) is 28.3 Å². The van der Waals surface area contributed by atoms with Gasteiger partial charge in [-0.15, -0.1) is 0 Å². The van der Waals surface area contributed by atoms with Crippen LogP contribution in [-0.2, 0) is 9.59 Å². The zero-order valence-electron chi connectivity index (χ0n) is 18.7. The minimum absolute atomic E-state index is 0.0983. The maximum atomic E-state index is 13.2. The molecule has 1 saturated heterocycles. The van der Waals surface area contributed by atoms with Gasteiger partial charge in [0.05, 0.1) is 11.6 Å². The van der Waals surface area contributed by atoms with Gasteiger partial charge in [0.15, 0.2) is 0 Å². The molecule has 0 bridgehead atoms. The standard InChI is InChI=1S/C27H26N2O3/c1-17-10-11-20(16-18(17)2)25(30)23-24(19-8-6-5-7-9-19)29(27(32)26(23)31)22-14-12-21(13-15-22)28(3)4/h5-16,24,30H,1-4H3/b25-23-. The van der Waals surface area contributed by atoms with Crippen molar-refractivity contribution in [2.45, 2.75) is 19.9 Å². The number of amides is 1. The summed E-state index contributed by atoms with van der Waals surface area (Å²) >= 11 is 0. The second kappa shape index (κ2) is 8.35. The Bertz CT molecular complexity index is 1210.